The Morgan fingerprint density at radius 1 is 1.07 bits per heavy atom. The Hall–Kier alpha value is -2.04. The van der Waals surface area contributed by atoms with Gasteiger partial charge in [0.15, 0.2) is 0 Å². The van der Waals surface area contributed by atoms with Gasteiger partial charge in [-0.2, -0.15) is 0 Å². The molecule has 1 aliphatic carbocycles. The fraction of sp³-hybridized carbons (Fsp3) is 0.636. The van der Waals surface area contributed by atoms with Crippen LogP contribution in [0.25, 0.3) is 0 Å². The molecule has 0 aliphatic heterocycles. The number of ether oxygens (including phenoxy) is 2. The Kier molecular flexibility index (Phi) is 7.28. The molecular formula is C22H32O5. The van der Waals surface area contributed by atoms with Crippen LogP contribution in [0.2, 0.25) is 0 Å². The van der Waals surface area contributed by atoms with Gasteiger partial charge in [0.1, 0.15) is 17.1 Å². The maximum Gasteiger partial charge on any atom is 0.341 e. The molecule has 0 N–H and O–H groups in total. The van der Waals surface area contributed by atoms with Crippen LogP contribution in [0, 0.1) is 0 Å². The van der Waals surface area contributed by atoms with Gasteiger partial charge in [-0.15, -0.1) is 0 Å². The molecule has 0 spiro atoms. The van der Waals surface area contributed by atoms with E-state index in [4.69, 9.17) is 13.9 Å². The molecule has 0 saturated carbocycles. The monoisotopic (exact) mass is 376 g/mol. The molecule has 150 valence electrons. The van der Waals surface area contributed by atoms with Crippen molar-refractivity contribution in [2.45, 2.75) is 78.6 Å². The molecule has 27 heavy (non-hydrogen) atoms. The van der Waals surface area contributed by atoms with Crippen LogP contribution in [-0.4, -0.2) is 25.2 Å². The van der Waals surface area contributed by atoms with Crippen molar-refractivity contribution in [1.29, 1.82) is 0 Å². The average Bonchev–Trinajstić information content (AvgIpc) is 3.05. The number of unbranched alkanes of at least 4 members (excludes halogenated alkanes) is 2. The highest BCUT2D eigenvalue weighted by Crippen LogP contribution is 2.53. The second kappa shape index (κ2) is 9.25. The third-order valence-corrected chi connectivity index (χ3v) is 5.26. The molecule has 1 aromatic heterocycles. The SMILES string of the molecule is CCCCCC1(c2cc(C(=O)OCC)c(CC)o2)CC(C)=C1C(=O)OCC. The fourth-order valence-electron chi connectivity index (χ4n) is 4.04. The normalized spacial score (nSPS) is 19.0. The summed E-state index contributed by atoms with van der Waals surface area (Å²) in [7, 11) is 0. The van der Waals surface area contributed by atoms with Crippen molar-refractivity contribution in [3.8, 4) is 0 Å². The summed E-state index contributed by atoms with van der Waals surface area (Å²) in [6.45, 7) is 10.3. The molecule has 5 nitrogen and oxygen atoms in total. The number of aryl methyl sites for hydroxylation is 1. The van der Waals surface area contributed by atoms with Gasteiger partial charge in [-0.3, -0.25) is 0 Å². The molecular weight excluding hydrogens is 344 g/mol. The van der Waals surface area contributed by atoms with E-state index in [1.807, 2.05) is 20.8 Å². The zero-order chi connectivity index (χ0) is 20.0. The molecule has 5 heteroatoms. The Morgan fingerprint density at radius 3 is 2.30 bits per heavy atom. The average molecular weight is 376 g/mol. The topological polar surface area (TPSA) is 65.7 Å². The van der Waals surface area contributed by atoms with Crippen LogP contribution in [0.3, 0.4) is 0 Å². The standard InChI is InChI=1S/C22H32O5/c1-6-10-11-12-22(14-15(5)19(22)21(24)26-9-4)18-13-16(17(7-2)27-18)20(23)25-8-3/h13H,6-12,14H2,1-5H3. The predicted octanol–water partition coefficient (Wildman–Crippen LogP) is 5.12. The van der Waals surface area contributed by atoms with Crippen LogP contribution < -0.4 is 0 Å². The second-order valence-corrected chi connectivity index (χ2v) is 7.11. The summed E-state index contributed by atoms with van der Waals surface area (Å²) < 4.78 is 16.6. The lowest BCUT2D eigenvalue weighted by Gasteiger charge is -2.42. The van der Waals surface area contributed by atoms with Crippen LogP contribution >= 0.6 is 0 Å². The van der Waals surface area contributed by atoms with E-state index in [0.717, 1.165) is 37.7 Å². The van der Waals surface area contributed by atoms with Crippen molar-refractivity contribution in [2.24, 2.45) is 0 Å². The minimum atomic E-state index is -0.500. The molecule has 0 radical (unpaired) electrons. The molecule has 1 aromatic rings. The fourth-order valence-corrected chi connectivity index (χ4v) is 4.04. The molecule has 2 rings (SSSR count). The Labute approximate surface area is 162 Å². The first-order valence-corrected chi connectivity index (χ1v) is 10.1. The highest BCUT2D eigenvalue weighted by Gasteiger charge is 2.51. The highest BCUT2D eigenvalue weighted by molar-refractivity contribution is 5.95. The van der Waals surface area contributed by atoms with Crippen LogP contribution in [0.4, 0.5) is 0 Å². The van der Waals surface area contributed by atoms with Crippen LogP contribution in [-0.2, 0) is 26.1 Å². The van der Waals surface area contributed by atoms with Crippen LogP contribution in [0.15, 0.2) is 21.6 Å². The van der Waals surface area contributed by atoms with Gasteiger partial charge in [0.05, 0.1) is 24.2 Å². The number of carbonyl (C=O) groups is 2. The molecule has 1 heterocycles. The van der Waals surface area contributed by atoms with Crippen molar-refractivity contribution in [1.82, 2.24) is 0 Å². The van der Waals surface area contributed by atoms with Crippen molar-refractivity contribution in [3.05, 3.63) is 34.3 Å². The lowest BCUT2D eigenvalue weighted by atomic mass is 9.60. The number of hydrogen-bond donors (Lipinski definition) is 0. The number of rotatable bonds is 10. The molecule has 1 aliphatic rings. The maximum atomic E-state index is 12.6. The van der Waals surface area contributed by atoms with Gasteiger partial charge in [0, 0.05) is 6.42 Å². The van der Waals surface area contributed by atoms with Crippen molar-refractivity contribution in [3.63, 3.8) is 0 Å². The quantitative estimate of drug-likeness (QED) is 0.419. The van der Waals surface area contributed by atoms with E-state index in [1.165, 1.54) is 0 Å². The summed E-state index contributed by atoms with van der Waals surface area (Å²) in [6.07, 6.45) is 5.33. The summed E-state index contributed by atoms with van der Waals surface area (Å²) in [5.41, 5.74) is 1.71. The Morgan fingerprint density at radius 2 is 1.74 bits per heavy atom. The van der Waals surface area contributed by atoms with Crippen molar-refractivity contribution < 1.29 is 23.5 Å². The molecule has 0 bridgehead atoms. The van der Waals surface area contributed by atoms with Gasteiger partial charge in [0.2, 0.25) is 0 Å². The van der Waals surface area contributed by atoms with Crippen LogP contribution in [0.5, 0.6) is 0 Å². The van der Waals surface area contributed by atoms with Crippen molar-refractivity contribution >= 4 is 11.9 Å². The minimum absolute atomic E-state index is 0.273. The van der Waals surface area contributed by atoms with Crippen molar-refractivity contribution in [2.75, 3.05) is 13.2 Å². The molecule has 1 unspecified atom stereocenters. The summed E-state index contributed by atoms with van der Waals surface area (Å²) in [6, 6.07) is 1.79. The van der Waals surface area contributed by atoms with Gasteiger partial charge >= 0.3 is 11.9 Å². The van der Waals surface area contributed by atoms with Gasteiger partial charge in [-0.1, -0.05) is 38.7 Å². The predicted molar refractivity (Wildman–Crippen MR) is 104 cm³/mol. The van der Waals surface area contributed by atoms with E-state index in [1.54, 1.807) is 13.0 Å². The van der Waals surface area contributed by atoms with E-state index in [0.29, 0.717) is 42.3 Å². The Balaban J connectivity index is 2.47. The maximum absolute atomic E-state index is 12.6. The first-order chi connectivity index (χ1) is 12.9. The molecule has 1 atom stereocenters. The number of furan rings is 1. The zero-order valence-corrected chi connectivity index (χ0v) is 17.3. The van der Waals surface area contributed by atoms with E-state index < -0.39 is 5.41 Å². The van der Waals surface area contributed by atoms with E-state index >= 15 is 0 Å². The summed E-state index contributed by atoms with van der Waals surface area (Å²) >= 11 is 0. The Bertz CT molecular complexity index is 712. The van der Waals surface area contributed by atoms with Gasteiger partial charge in [0.25, 0.3) is 0 Å². The van der Waals surface area contributed by atoms with Gasteiger partial charge in [-0.25, -0.2) is 9.59 Å². The summed E-state index contributed by atoms with van der Waals surface area (Å²) in [4.78, 5) is 25.0. The number of esters is 2. The van der Waals surface area contributed by atoms with E-state index in [2.05, 4.69) is 6.92 Å². The third kappa shape index (κ3) is 4.12. The van der Waals surface area contributed by atoms with E-state index in [-0.39, 0.29) is 11.9 Å². The number of hydrogen-bond acceptors (Lipinski definition) is 5. The highest BCUT2D eigenvalue weighted by atomic mass is 16.5. The lowest BCUT2D eigenvalue weighted by Crippen LogP contribution is -2.41. The third-order valence-electron chi connectivity index (χ3n) is 5.26. The molecule has 0 saturated heterocycles. The largest absolute Gasteiger partial charge is 0.464 e. The van der Waals surface area contributed by atoms with Crippen LogP contribution in [0.1, 0.15) is 88.6 Å². The molecule has 0 fully saturated rings. The summed E-state index contributed by atoms with van der Waals surface area (Å²) in [5, 5.41) is 0. The first kappa shape index (κ1) is 21.3. The van der Waals surface area contributed by atoms with E-state index in [9.17, 15) is 9.59 Å². The summed E-state index contributed by atoms with van der Waals surface area (Å²) in [5.74, 6) is 0.661. The van der Waals surface area contributed by atoms with Gasteiger partial charge in [-0.05, 0) is 39.7 Å². The number of carbonyl (C=O) groups excluding carboxylic acids is 2. The smallest absolute Gasteiger partial charge is 0.341 e. The molecule has 0 aromatic carbocycles. The first-order valence-electron chi connectivity index (χ1n) is 10.1. The van der Waals surface area contributed by atoms with Gasteiger partial charge < -0.3 is 13.9 Å². The minimum Gasteiger partial charge on any atom is -0.464 e. The number of allylic oxidation sites excluding steroid dienone is 1. The molecule has 0 amide bonds. The second-order valence-electron chi connectivity index (χ2n) is 7.11. The zero-order valence-electron chi connectivity index (χ0n) is 17.3. The lowest BCUT2D eigenvalue weighted by molar-refractivity contribution is -0.140.